The molecule has 0 bridgehead atoms. The number of carbonyl (C=O) groups is 2. The number of rotatable bonds is 22. The molecule has 0 unspecified atom stereocenters. The highest BCUT2D eigenvalue weighted by atomic mass is 16.6. The van der Waals surface area contributed by atoms with Crippen LogP contribution in [0.1, 0.15) is 124 Å². The molecule has 0 rings (SSSR count). The lowest BCUT2D eigenvalue weighted by Crippen LogP contribution is -2.34. The van der Waals surface area contributed by atoms with E-state index >= 15 is 0 Å². The van der Waals surface area contributed by atoms with E-state index in [2.05, 4.69) is 16.4 Å². The molecule has 0 spiro atoms. The first-order chi connectivity index (χ1) is 17.2. The van der Waals surface area contributed by atoms with Gasteiger partial charge in [-0.3, -0.25) is 0 Å². The predicted octanol–water partition coefficient (Wildman–Crippen LogP) is 5.09. The summed E-state index contributed by atoms with van der Waals surface area (Å²) >= 11 is 0. The van der Waals surface area contributed by atoms with Crippen LogP contribution in [0.2, 0.25) is 0 Å². The second-order valence-corrected chi connectivity index (χ2v) is 9.56. The van der Waals surface area contributed by atoms with E-state index in [-0.39, 0.29) is 0 Å². The van der Waals surface area contributed by atoms with Crippen molar-refractivity contribution in [2.24, 2.45) is 0 Å². The second-order valence-electron chi connectivity index (χ2n) is 9.56. The molecule has 36 heavy (non-hydrogen) atoms. The van der Waals surface area contributed by atoms with E-state index < -0.39 is 36.4 Å². The van der Waals surface area contributed by atoms with Crippen LogP contribution in [0, 0.1) is 0 Å². The standard InChI is InChI=1S/C23H46O4.C5H10O4/c1-4-5-6-7-8-9-10-11-12-13-14-15-16-17-18-19-20-27-21(2)22(24)23(25)26-3;1-3(6)4(7)5(8)9-2/h21-22,24H,4-20H2,1-3H3;3-4,6-7H,1-2H3/t21-,22+;3-,4+/m00/s1. The van der Waals surface area contributed by atoms with Crippen LogP contribution in [-0.4, -0.2) is 72.5 Å². The van der Waals surface area contributed by atoms with Gasteiger partial charge in [-0.15, -0.1) is 0 Å². The van der Waals surface area contributed by atoms with Crippen molar-refractivity contribution in [3.8, 4) is 0 Å². The number of esters is 2. The van der Waals surface area contributed by atoms with Gasteiger partial charge in [0.1, 0.15) is 0 Å². The van der Waals surface area contributed by atoms with Crippen LogP contribution in [-0.2, 0) is 23.8 Å². The van der Waals surface area contributed by atoms with Crippen molar-refractivity contribution >= 4 is 11.9 Å². The van der Waals surface area contributed by atoms with Gasteiger partial charge >= 0.3 is 11.9 Å². The molecule has 0 aromatic rings. The van der Waals surface area contributed by atoms with Crippen molar-refractivity contribution in [3.05, 3.63) is 0 Å². The van der Waals surface area contributed by atoms with Crippen LogP contribution in [0.5, 0.6) is 0 Å². The fourth-order valence-electron chi connectivity index (χ4n) is 3.64. The summed E-state index contributed by atoms with van der Waals surface area (Å²) < 4.78 is 14.1. The van der Waals surface area contributed by atoms with E-state index in [1.54, 1.807) is 6.92 Å². The van der Waals surface area contributed by atoms with Crippen LogP contribution >= 0.6 is 0 Å². The second kappa shape index (κ2) is 26.8. The first-order valence-corrected chi connectivity index (χ1v) is 14.0. The Bertz CT molecular complexity index is 498. The Morgan fingerprint density at radius 3 is 1.22 bits per heavy atom. The minimum atomic E-state index is -1.42. The van der Waals surface area contributed by atoms with Crippen molar-refractivity contribution < 1.29 is 39.1 Å². The highest BCUT2D eigenvalue weighted by Gasteiger charge is 2.23. The van der Waals surface area contributed by atoms with Crippen LogP contribution in [0.25, 0.3) is 0 Å². The molecule has 0 saturated carbocycles. The fraction of sp³-hybridized carbons (Fsp3) is 0.929. The summed E-state index contributed by atoms with van der Waals surface area (Å²) in [5, 5.41) is 26.9. The van der Waals surface area contributed by atoms with Crippen molar-refractivity contribution in [2.75, 3.05) is 20.8 Å². The van der Waals surface area contributed by atoms with E-state index in [0.29, 0.717) is 6.61 Å². The summed E-state index contributed by atoms with van der Waals surface area (Å²) in [6.07, 6.45) is 17.3. The lowest BCUT2D eigenvalue weighted by atomic mass is 10.0. The number of hydrogen-bond donors (Lipinski definition) is 3. The number of carbonyl (C=O) groups excluding carboxylic acids is 2. The minimum absolute atomic E-state index is 0.506. The minimum Gasteiger partial charge on any atom is -0.467 e. The molecule has 0 saturated heterocycles. The van der Waals surface area contributed by atoms with Crippen molar-refractivity contribution in [3.63, 3.8) is 0 Å². The average molecular weight is 521 g/mol. The maximum absolute atomic E-state index is 11.2. The molecule has 216 valence electrons. The summed E-state index contributed by atoms with van der Waals surface area (Å²) in [7, 11) is 2.42. The zero-order valence-electron chi connectivity index (χ0n) is 23.7. The molecule has 0 amide bonds. The first-order valence-electron chi connectivity index (χ1n) is 14.0. The Morgan fingerprint density at radius 2 is 0.917 bits per heavy atom. The van der Waals surface area contributed by atoms with Gasteiger partial charge in [0, 0.05) is 6.61 Å². The number of aliphatic hydroxyl groups excluding tert-OH is 3. The molecule has 0 aliphatic rings. The predicted molar refractivity (Wildman–Crippen MR) is 143 cm³/mol. The number of hydrogen-bond acceptors (Lipinski definition) is 8. The molecule has 8 heteroatoms. The first kappa shape index (κ1) is 36.9. The molecule has 3 N–H and O–H groups in total. The monoisotopic (exact) mass is 520 g/mol. The van der Waals surface area contributed by atoms with Gasteiger partial charge in [-0.05, 0) is 20.3 Å². The summed E-state index contributed by atoms with van der Waals surface area (Å²) in [5.74, 6) is -1.44. The Balaban J connectivity index is 0. The summed E-state index contributed by atoms with van der Waals surface area (Å²) in [5.41, 5.74) is 0. The van der Waals surface area contributed by atoms with Crippen LogP contribution in [0.3, 0.4) is 0 Å². The largest absolute Gasteiger partial charge is 0.467 e. The molecule has 0 aromatic heterocycles. The van der Waals surface area contributed by atoms with Crippen LogP contribution in [0.4, 0.5) is 0 Å². The molecule has 0 aliphatic heterocycles. The molecular formula is C28H56O8. The molecule has 0 radical (unpaired) electrons. The summed E-state index contributed by atoms with van der Waals surface area (Å²) in [6.45, 7) is 5.88. The SMILES string of the molecule is CCCCCCCCCCCCCCCCCCO[C@@H](C)[C@@H](O)C(=O)OC.COC(=O)[C@H](O)[C@H](C)O. The van der Waals surface area contributed by atoms with Gasteiger partial charge in [0.05, 0.1) is 26.4 Å². The molecule has 0 fully saturated rings. The van der Waals surface area contributed by atoms with E-state index in [0.717, 1.165) is 20.0 Å². The molecule has 4 atom stereocenters. The normalized spacial score (nSPS) is 14.2. The summed E-state index contributed by atoms with van der Waals surface area (Å²) in [4.78, 5) is 21.5. The van der Waals surface area contributed by atoms with Crippen LogP contribution < -0.4 is 0 Å². The third kappa shape index (κ3) is 23.2. The number of ether oxygens (including phenoxy) is 3. The molecule has 0 aromatic carbocycles. The number of unbranched alkanes of at least 4 members (excludes halogenated alkanes) is 15. The zero-order valence-corrected chi connectivity index (χ0v) is 23.7. The number of aliphatic hydroxyl groups is 3. The lowest BCUT2D eigenvalue weighted by molar-refractivity contribution is -0.158. The Hall–Kier alpha value is -1.22. The van der Waals surface area contributed by atoms with E-state index in [9.17, 15) is 14.7 Å². The zero-order chi connectivity index (χ0) is 27.6. The lowest BCUT2D eigenvalue weighted by Gasteiger charge is -2.17. The van der Waals surface area contributed by atoms with E-state index in [1.807, 2.05) is 0 Å². The topological polar surface area (TPSA) is 123 Å². The van der Waals surface area contributed by atoms with Gasteiger partial charge in [0.15, 0.2) is 12.2 Å². The Labute approximate surface area is 220 Å². The highest BCUT2D eigenvalue weighted by molar-refractivity contribution is 5.75. The third-order valence-electron chi connectivity index (χ3n) is 6.17. The maximum atomic E-state index is 11.2. The van der Waals surface area contributed by atoms with Gasteiger partial charge in [0.2, 0.25) is 0 Å². The van der Waals surface area contributed by atoms with E-state index in [4.69, 9.17) is 14.9 Å². The Kier molecular flexibility index (Phi) is 27.5. The average Bonchev–Trinajstić information content (AvgIpc) is 2.88. The quantitative estimate of drug-likeness (QED) is 0.133. The summed E-state index contributed by atoms with van der Waals surface area (Å²) in [6, 6.07) is 0. The van der Waals surface area contributed by atoms with E-state index in [1.165, 1.54) is 104 Å². The highest BCUT2D eigenvalue weighted by Crippen LogP contribution is 2.14. The fourth-order valence-corrected chi connectivity index (χ4v) is 3.64. The van der Waals surface area contributed by atoms with Gasteiger partial charge in [-0.1, -0.05) is 103 Å². The maximum Gasteiger partial charge on any atom is 0.337 e. The van der Waals surface area contributed by atoms with Crippen LogP contribution in [0.15, 0.2) is 0 Å². The Morgan fingerprint density at radius 1 is 0.583 bits per heavy atom. The van der Waals surface area contributed by atoms with Gasteiger partial charge in [-0.2, -0.15) is 0 Å². The third-order valence-corrected chi connectivity index (χ3v) is 6.17. The molecule has 0 heterocycles. The van der Waals surface area contributed by atoms with Crippen molar-refractivity contribution in [1.82, 2.24) is 0 Å². The smallest absolute Gasteiger partial charge is 0.337 e. The molecular weight excluding hydrogens is 464 g/mol. The number of methoxy groups -OCH3 is 2. The van der Waals surface area contributed by atoms with Crippen molar-refractivity contribution in [2.45, 2.75) is 148 Å². The van der Waals surface area contributed by atoms with Crippen molar-refractivity contribution in [1.29, 1.82) is 0 Å². The molecule has 0 aliphatic carbocycles. The molecule has 8 nitrogen and oxygen atoms in total. The van der Waals surface area contributed by atoms with Gasteiger partial charge in [0.25, 0.3) is 0 Å². The van der Waals surface area contributed by atoms with Gasteiger partial charge in [-0.25, -0.2) is 9.59 Å². The van der Waals surface area contributed by atoms with Gasteiger partial charge < -0.3 is 29.5 Å².